The molecule has 1 heterocycles. The quantitative estimate of drug-likeness (QED) is 0.487. The van der Waals surface area contributed by atoms with Gasteiger partial charge in [-0.2, -0.15) is 4.98 Å². The largest absolute Gasteiger partial charge is 0.353 e. The first-order chi connectivity index (χ1) is 9.40. The summed E-state index contributed by atoms with van der Waals surface area (Å²) in [6.45, 7) is 6.46. The third kappa shape index (κ3) is 3.77. The minimum atomic E-state index is -0.653. The molecule has 1 atom stereocenters. The molecule has 0 aromatic carbocycles. The van der Waals surface area contributed by atoms with E-state index in [1.165, 1.54) is 0 Å². The van der Waals surface area contributed by atoms with Crippen LogP contribution in [0.2, 0.25) is 5.28 Å². The fraction of sp³-hybridized carbons (Fsp3) is 0.545. The molecular formula is C11H16ClN5O3. The first kappa shape index (κ1) is 16.1. The molecule has 0 aliphatic rings. The molecule has 0 bridgehead atoms. The van der Waals surface area contributed by atoms with Crippen molar-refractivity contribution in [2.24, 2.45) is 0 Å². The van der Waals surface area contributed by atoms with Crippen molar-refractivity contribution in [2.45, 2.75) is 26.8 Å². The number of nitrogens with zero attached hydrogens (tertiary/aromatic N) is 4. The number of nitro groups is 1. The van der Waals surface area contributed by atoms with Crippen LogP contribution in [0.1, 0.15) is 20.8 Å². The molecule has 1 unspecified atom stereocenters. The minimum Gasteiger partial charge on any atom is -0.353 e. The van der Waals surface area contributed by atoms with Crippen LogP contribution < -0.4 is 5.32 Å². The summed E-state index contributed by atoms with van der Waals surface area (Å²) in [5, 5.41) is 13.5. The Hall–Kier alpha value is -1.96. The van der Waals surface area contributed by atoms with Crippen LogP contribution in [0.15, 0.2) is 6.20 Å². The van der Waals surface area contributed by atoms with Crippen LogP contribution in [-0.4, -0.2) is 44.8 Å². The topological polar surface area (TPSA) is 101 Å². The second-order valence-corrected chi connectivity index (χ2v) is 4.34. The first-order valence-electron chi connectivity index (χ1n) is 6.12. The van der Waals surface area contributed by atoms with Crippen molar-refractivity contribution in [3.63, 3.8) is 0 Å². The van der Waals surface area contributed by atoms with Gasteiger partial charge in [-0.3, -0.25) is 14.9 Å². The highest BCUT2D eigenvalue weighted by molar-refractivity contribution is 6.28. The fourth-order valence-corrected chi connectivity index (χ4v) is 1.80. The van der Waals surface area contributed by atoms with Crippen LogP contribution in [0.3, 0.4) is 0 Å². The number of rotatable bonds is 6. The predicted molar refractivity (Wildman–Crippen MR) is 74.7 cm³/mol. The Kier molecular flexibility index (Phi) is 5.63. The number of carbonyl (C=O) groups excluding carboxylic acids is 1. The van der Waals surface area contributed by atoms with Crippen LogP contribution in [0.25, 0.3) is 0 Å². The molecule has 0 radical (unpaired) electrons. The molecule has 0 saturated carbocycles. The Labute approximate surface area is 121 Å². The van der Waals surface area contributed by atoms with Crippen molar-refractivity contribution in [1.82, 2.24) is 14.9 Å². The van der Waals surface area contributed by atoms with Gasteiger partial charge in [0.1, 0.15) is 12.2 Å². The summed E-state index contributed by atoms with van der Waals surface area (Å²) in [5.41, 5.74) is -0.325. The molecule has 0 fully saturated rings. The molecule has 1 rings (SSSR count). The van der Waals surface area contributed by atoms with Gasteiger partial charge >= 0.3 is 5.69 Å². The van der Waals surface area contributed by atoms with Gasteiger partial charge in [-0.15, -0.1) is 0 Å². The maximum Gasteiger partial charge on any atom is 0.329 e. The average Bonchev–Trinajstić information content (AvgIpc) is 2.39. The van der Waals surface area contributed by atoms with E-state index in [2.05, 4.69) is 15.3 Å². The number of hydrogen-bond acceptors (Lipinski definition) is 6. The van der Waals surface area contributed by atoms with Gasteiger partial charge in [0.15, 0.2) is 0 Å². The van der Waals surface area contributed by atoms with E-state index in [4.69, 9.17) is 11.6 Å². The number of aromatic nitrogens is 2. The smallest absolute Gasteiger partial charge is 0.329 e. The molecule has 0 aliphatic heterocycles. The van der Waals surface area contributed by atoms with Crippen LogP contribution in [-0.2, 0) is 4.79 Å². The number of amides is 1. The lowest BCUT2D eigenvalue weighted by atomic mass is 10.2. The number of nitrogens with one attached hydrogen (secondary N) is 1. The number of anilines is 1. The fourth-order valence-electron chi connectivity index (χ4n) is 1.67. The third-order valence-corrected chi connectivity index (χ3v) is 2.92. The molecular weight excluding hydrogens is 286 g/mol. The molecule has 8 nitrogen and oxygen atoms in total. The van der Waals surface area contributed by atoms with E-state index in [9.17, 15) is 14.9 Å². The maximum atomic E-state index is 12.1. The Bertz CT molecular complexity index is 507. The molecule has 0 saturated heterocycles. The number of halogens is 1. The van der Waals surface area contributed by atoms with E-state index in [1.807, 2.05) is 13.8 Å². The summed E-state index contributed by atoms with van der Waals surface area (Å²) in [4.78, 5) is 31.3. The van der Waals surface area contributed by atoms with Crippen molar-refractivity contribution in [2.75, 3.05) is 18.4 Å². The highest BCUT2D eigenvalue weighted by Gasteiger charge is 2.23. The van der Waals surface area contributed by atoms with Crippen LogP contribution in [0.4, 0.5) is 11.5 Å². The normalized spacial score (nSPS) is 11.8. The Balaban J connectivity index is 2.95. The van der Waals surface area contributed by atoms with Crippen molar-refractivity contribution in [1.29, 1.82) is 0 Å². The second-order valence-electron chi connectivity index (χ2n) is 4.01. The molecule has 0 aliphatic carbocycles. The molecule has 1 amide bonds. The summed E-state index contributed by atoms with van der Waals surface area (Å²) < 4.78 is 0. The second kappa shape index (κ2) is 6.99. The average molecular weight is 302 g/mol. The van der Waals surface area contributed by atoms with E-state index in [0.717, 1.165) is 6.20 Å². The molecule has 1 N–H and O–H groups in total. The summed E-state index contributed by atoms with van der Waals surface area (Å²) in [5.74, 6) is -0.234. The highest BCUT2D eigenvalue weighted by Crippen LogP contribution is 2.22. The highest BCUT2D eigenvalue weighted by atomic mass is 35.5. The van der Waals surface area contributed by atoms with E-state index < -0.39 is 11.0 Å². The van der Waals surface area contributed by atoms with Gasteiger partial charge in [0.25, 0.3) is 0 Å². The van der Waals surface area contributed by atoms with Crippen molar-refractivity contribution >= 4 is 29.0 Å². The molecule has 9 heteroatoms. The van der Waals surface area contributed by atoms with Gasteiger partial charge in [0.2, 0.25) is 17.0 Å². The van der Waals surface area contributed by atoms with Gasteiger partial charge in [-0.25, -0.2) is 4.98 Å². The van der Waals surface area contributed by atoms with E-state index in [0.29, 0.717) is 13.1 Å². The lowest BCUT2D eigenvalue weighted by Gasteiger charge is -2.23. The number of carbonyl (C=O) groups is 1. The lowest BCUT2D eigenvalue weighted by molar-refractivity contribution is -0.384. The lowest BCUT2D eigenvalue weighted by Crippen LogP contribution is -2.41. The third-order valence-electron chi connectivity index (χ3n) is 2.74. The van der Waals surface area contributed by atoms with E-state index in [1.54, 1.807) is 11.8 Å². The van der Waals surface area contributed by atoms with Crippen molar-refractivity contribution in [3.05, 3.63) is 21.6 Å². The molecule has 1 aromatic heterocycles. The zero-order chi connectivity index (χ0) is 15.3. The zero-order valence-electron chi connectivity index (χ0n) is 11.5. The van der Waals surface area contributed by atoms with Gasteiger partial charge in [0.05, 0.1) is 4.92 Å². The van der Waals surface area contributed by atoms with Crippen molar-refractivity contribution in [3.8, 4) is 0 Å². The van der Waals surface area contributed by atoms with Crippen molar-refractivity contribution < 1.29 is 9.72 Å². The SMILES string of the molecule is CCN(CC)C(=O)C(C)Nc1nc(Cl)ncc1[N+](=O)[O-]. The summed E-state index contributed by atoms with van der Waals surface area (Å²) >= 11 is 5.62. The first-order valence-corrected chi connectivity index (χ1v) is 6.50. The molecule has 0 spiro atoms. The number of hydrogen-bond donors (Lipinski definition) is 1. The Morgan fingerprint density at radius 3 is 2.65 bits per heavy atom. The molecule has 20 heavy (non-hydrogen) atoms. The van der Waals surface area contributed by atoms with Crippen LogP contribution in [0.5, 0.6) is 0 Å². The van der Waals surface area contributed by atoms with Gasteiger partial charge < -0.3 is 10.2 Å². The van der Waals surface area contributed by atoms with E-state index >= 15 is 0 Å². The van der Waals surface area contributed by atoms with Gasteiger partial charge in [0, 0.05) is 13.1 Å². The molecule has 110 valence electrons. The van der Waals surface area contributed by atoms with Gasteiger partial charge in [-0.05, 0) is 32.4 Å². The summed E-state index contributed by atoms with van der Waals surface area (Å²) in [7, 11) is 0. The Morgan fingerprint density at radius 1 is 1.55 bits per heavy atom. The molecule has 1 aromatic rings. The van der Waals surface area contributed by atoms with E-state index in [-0.39, 0.29) is 22.7 Å². The number of likely N-dealkylation sites (N-methyl/N-ethyl adjacent to an activating group) is 1. The van der Waals surface area contributed by atoms with Gasteiger partial charge in [-0.1, -0.05) is 0 Å². The minimum absolute atomic E-state index is 0.0667. The van der Waals surface area contributed by atoms with Crippen LogP contribution in [0, 0.1) is 10.1 Å². The zero-order valence-corrected chi connectivity index (χ0v) is 12.2. The standard InChI is InChI=1S/C11H16ClN5O3/c1-4-16(5-2)10(18)7(3)14-9-8(17(19)20)6-13-11(12)15-9/h6-7H,4-5H2,1-3H3,(H,13,14,15). The summed E-state index contributed by atoms with van der Waals surface area (Å²) in [6.07, 6.45) is 1.01. The van der Waals surface area contributed by atoms with Crippen LogP contribution >= 0.6 is 11.6 Å². The predicted octanol–water partition coefficient (Wildman–Crippen LogP) is 1.71. The Morgan fingerprint density at radius 2 is 2.15 bits per heavy atom. The monoisotopic (exact) mass is 301 g/mol. The summed E-state index contributed by atoms with van der Waals surface area (Å²) in [6, 6.07) is -0.653. The maximum absolute atomic E-state index is 12.1.